The van der Waals surface area contributed by atoms with Gasteiger partial charge in [-0.05, 0) is 58.2 Å². The minimum absolute atomic E-state index is 0.133. The van der Waals surface area contributed by atoms with Crippen molar-refractivity contribution in [2.75, 3.05) is 19.0 Å². The number of benzene rings is 2. The highest BCUT2D eigenvalue weighted by Crippen LogP contribution is 2.26. The molecular formula is C18H18BrNO4. The second-order valence-corrected chi connectivity index (χ2v) is 5.88. The number of nitrogens with one attached hydrogen (secondary N) is 1. The first-order valence-electron chi connectivity index (χ1n) is 7.43. The number of carbonyl (C=O) groups is 2. The third-order valence-corrected chi connectivity index (χ3v) is 3.98. The van der Waals surface area contributed by atoms with E-state index in [1.807, 2.05) is 24.3 Å². The van der Waals surface area contributed by atoms with E-state index in [1.54, 1.807) is 18.2 Å². The second kappa shape index (κ2) is 8.49. The summed E-state index contributed by atoms with van der Waals surface area (Å²) in [6.45, 7) is 1.94. The van der Waals surface area contributed by atoms with Crippen LogP contribution < -0.4 is 10.1 Å². The first kappa shape index (κ1) is 18.0. The van der Waals surface area contributed by atoms with Gasteiger partial charge in [-0.1, -0.05) is 19.1 Å². The number of esters is 1. The molecule has 6 heteroatoms. The van der Waals surface area contributed by atoms with Crippen molar-refractivity contribution in [3.63, 3.8) is 0 Å². The van der Waals surface area contributed by atoms with Gasteiger partial charge in [-0.25, -0.2) is 4.79 Å². The van der Waals surface area contributed by atoms with Crippen LogP contribution in [0.15, 0.2) is 46.9 Å². The van der Waals surface area contributed by atoms with Crippen LogP contribution in [0.5, 0.6) is 5.75 Å². The maximum atomic E-state index is 11.9. The number of anilines is 1. The van der Waals surface area contributed by atoms with E-state index in [1.165, 1.54) is 12.7 Å². The molecule has 1 N–H and O–H groups in total. The Morgan fingerprint density at radius 3 is 2.42 bits per heavy atom. The smallest absolute Gasteiger partial charge is 0.337 e. The predicted molar refractivity (Wildman–Crippen MR) is 95.4 cm³/mol. The molecule has 1 amide bonds. The zero-order valence-electron chi connectivity index (χ0n) is 13.5. The van der Waals surface area contributed by atoms with E-state index in [0.29, 0.717) is 15.8 Å². The summed E-state index contributed by atoms with van der Waals surface area (Å²) < 4.78 is 10.7. The number of aryl methyl sites for hydroxylation is 1. The molecule has 5 nitrogen and oxygen atoms in total. The highest BCUT2D eigenvalue weighted by molar-refractivity contribution is 9.10. The van der Waals surface area contributed by atoms with Crippen molar-refractivity contribution in [3.05, 3.63) is 58.1 Å². The molecule has 0 atom stereocenters. The lowest BCUT2D eigenvalue weighted by Gasteiger charge is -2.10. The quantitative estimate of drug-likeness (QED) is 0.760. The highest BCUT2D eigenvalue weighted by atomic mass is 79.9. The molecular weight excluding hydrogens is 374 g/mol. The Morgan fingerprint density at radius 2 is 1.83 bits per heavy atom. The van der Waals surface area contributed by atoms with Gasteiger partial charge in [0.05, 0.1) is 17.1 Å². The Morgan fingerprint density at radius 1 is 1.12 bits per heavy atom. The molecule has 0 aliphatic rings. The lowest BCUT2D eigenvalue weighted by atomic mass is 10.1. The van der Waals surface area contributed by atoms with E-state index in [-0.39, 0.29) is 12.5 Å². The van der Waals surface area contributed by atoms with Crippen LogP contribution in [0.25, 0.3) is 0 Å². The summed E-state index contributed by atoms with van der Waals surface area (Å²) in [6, 6.07) is 12.4. The summed E-state index contributed by atoms with van der Waals surface area (Å²) in [5, 5.41) is 2.77. The van der Waals surface area contributed by atoms with Gasteiger partial charge in [-0.2, -0.15) is 0 Å². The van der Waals surface area contributed by atoms with Gasteiger partial charge in [0, 0.05) is 5.69 Å². The molecule has 0 spiro atoms. The van der Waals surface area contributed by atoms with Gasteiger partial charge < -0.3 is 14.8 Å². The molecule has 2 aromatic carbocycles. The van der Waals surface area contributed by atoms with Crippen molar-refractivity contribution in [1.29, 1.82) is 0 Å². The maximum absolute atomic E-state index is 11.9. The van der Waals surface area contributed by atoms with Gasteiger partial charge in [0.2, 0.25) is 0 Å². The molecule has 2 aromatic rings. The third-order valence-electron chi connectivity index (χ3n) is 3.36. The molecule has 0 saturated heterocycles. The fourth-order valence-electron chi connectivity index (χ4n) is 2.03. The Labute approximate surface area is 149 Å². The monoisotopic (exact) mass is 391 g/mol. The molecule has 0 saturated carbocycles. The largest absolute Gasteiger partial charge is 0.483 e. The molecule has 0 heterocycles. The first-order chi connectivity index (χ1) is 11.5. The summed E-state index contributed by atoms with van der Waals surface area (Å²) in [5.74, 6) is -0.224. The van der Waals surface area contributed by atoms with E-state index in [4.69, 9.17) is 4.74 Å². The van der Waals surface area contributed by atoms with Gasteiger partial charge in [0.25, 0.3) is 5.91 Å². The highest BCUT2D eigenvalue weighted by Gasteiger charge is 2.10. The van der Waals surface area contributed by atoms with Gasteiger partial charge in [-0.15, -0.1) is 0 Å². The standard InChI is InChI=1S/C18H18BrNO4/c1-3-12-4-7-14(8-5-12)20-17(21)11-24-16-9-6-13(10-15(16)19)18(22)23-2/h4-10H,3,11H2,1-2H3,(H,20,21). The molecule has 0 aliphatic heterocycles. The molecule has 0 radical (unpaired) electrons. The van der Waals surface area contributed by atoms with Crippen molar-refractivity contribution in [1.82, 2.24) is 0 Å². The van der Waals surface area contributed by atoms with E-state index in [0.717, 1.165) is 12.1 Å². The second-order valence-electron chi connectivity index (χ2n) is 5.02. The summed E-state index contributed by atoms with van der Waals surface area (Å²) in [4.78, 5) is 23.4. The maximum Gasteiger partial charge on any atom is 0.337 e. The average Bonchev–Trinajstić information content (AvgIpc) is 2.60. The van der Waals surface area contributed by atoms with Gasteiger partial charge >= 0.3 is 5.97 Å². The average molecular weight is 392 g/mol. The normalized spacial score (nSPS) is 10.1. The van der Waals surface area contributed by atoms with E-state index >= 15 is 0 Å². The first-order valence-corrected chi connectivity index (χ1v) is 8.22. The Bertz CT molecular complexity index is 728. The lowest BCUT2D eigenvalue weighted by Crippen LogP contribution is -2.20. The third kappa shape index (κ3) is 4.83. The Kier molecular flexibility index (Phi) is 6.37. The van der Waals surface area contributed by atoms with Gasteiger partial charge in [-0.3, -0.25) is 4.79 Å². The van der Waals surface area contributed by atoms with Crippen molar-refractivity contribution >= 4 is 33.5 Å². The number of halogens is 1. The summed E-state index contributed by atoms with van der Waals surface area (Å²) in [6.07, 6.45) is 0.951. The van der Waals surface area contributed by atoms with Crippen LogP contribution in [0.4, 0.5) is 5.69 Å². The molecule has 0 aliphatic carbocycles. The summed E-state index contributed by atoms with van der Waals surface area (Å²) in [5.41, 5.74) is 2.33. The molecule has 2 rings (SSSR count). The molecule has 0 fully saturated rings. The summed E-state index contributed by atoms with van der Waals surface area (Å²) >= 11 is 3.31. The van der Waals surface area contributed by atoms with Crippen molar-refractivity contribution in [3.8, 4) is 5.75 Å². The number of methoxy groups -OCH3 is 1. The fraction of sp³-hybridized carbons (Fsp3) is 0.222. The number of hydrogen-bond acceptors (Lipinski definition) is 4. The minimum Gasteiger partial charge on any atom is -0.483 e. The zero-order valence-corrected chi connectivity index (χ0v) is 15.1. The van der Waals surface area contributed by atoms with E-state index < -0.39 is 5.97 Å². The van der Waals surface area contributed by atoms with Gasteiger partial charge in [0.1, 0.15) is 5.75 Å². The number of ether oxygens (including phenoxy) is 2. The Balaban J connectivity index is 1.92. The van der Waals surface area contributed by atoms with Crippen molar-refractivity contribution < 1.29 is 19.1 Å². The van der Waals surface area contributed by atoms with E-state index in [2.05, 4.69) is 32.9 Å². The fourth-order valence-corrected chi connectivity index (χ4v) is 2.52. The minimum atomic E-state index is -0.435. The molecule has 126 valence electrons. The molecule has 0 bridgehead atoms. The van der Waals surface area contributed by atoms with Crippen LogP contribution in [0.3, 0.4) is 0 Å². The van der Waals surface area contributed by atoms with Crippen LogP contribution >= 0.6 is 15.9 Å². The lowest BCUT2D eigenvalue weighted by molar-refractivity contribution is -0.118. The number of hydrogen-bond donors (Lipinski definition) is 1. The van der Waals surface area contributed by atoms with Crippen molar-refractivity contribution in [2.24, 2.45) is 0 Å². The van der Waals surface area contributed by atoms with Crippen LogP contribution in [-0.2, 0) is 16.0 Å². The van der Waals surface area contributed by atoms with Crippen LogP contribution in [0, 0.1) is 0 Å². The molecule has 24 heavy (non-hydrogen) atoms. The van der Waals surface area contributed by atoms with Crippen LogP contribution in [0.1, 0.15) is 22.8 Å². The summed E-state index contributed by atoms with van der Waals surface area (Å²) in [7, 11) is 1.32. The van der Waals surface area contributed by atoms with Crippen LogP contribution in [0.2, 0.25) is 0 Å². The number of amides is 1. The van der Waals surface area contributed by atoms with Gasteiger partial charge in [0.15, 0.2) is 6.61 Å². The SMILES string of the molecule is CCc1ccc(NC(=O)COc2ccc(C(=O)OC)cc2Br)cc1. The molecule has 0 unspecified atom stereocenters. The number of carbonyl (C=O) groups excluding carboxylic acids is 2. The van der Waals surface area contributed by atoms with Crippen molar-refractivity contribution in [2.45, 2.75) is 13.3 Å². The number of rotatable bonds is 6. The topological polar surface area (TPSA) is 64.6 Å². The van der Waals surface area contributed by atoms with E-state index in [9.17, 15) is 9.59 Å². The van der Waals surface area contributed by atoms with Crippen LogP contribution in [-0.4, -0.2) is 25.6 Å². The molecule has 0 aromatic heterocycles. The Hall–Kier alpha value is -2.34. The predicted octanol–water partition coefficient (Wildman–Crippen LogP) is 3.82. The zero-order chi connectivity index (χ0) is 17.5.